The van der Waals surface area contributed by atoms with E-state index in [0.717, 1.165) is 0 Å². The number of rotatable bonds is 3. The van der Waals surface area contributed by atoms with Crippen molar-refractivity contribution >= 4 is 0 Å². The summed E-state index contributed by atoms with van der Waals surface area (Å²) in [6, 6.07) is 0. The largest absolute Gasteiger partial charge is 0.396 e. The second-order valence-corrected chi connectivity index (χ2v) is 4.58. The molecule has 14 heavy (non-hydrogen) atoms. The second kappa shape index (κ2) is 4.57. The molecule has 4 heteroatoms. The Kier molecular flexibility index (Phi) is 3.89. The van der Waals surface area contributed by atoms with Gasteiger partial charge in [-0.1, -0.05) is 0 Å². The van der Waals surface area contributed by atoms with Crippen LogP contribution in [0.1, 0.15) is 20.3 Å². The summed E-state index contributed by atoms with van der Waals surface area (Å²) in [7, 11) is 0. The van der Waals surface area contributed by atoms with Gasteiger partial charge in [0, 0.05) is 17.6 Å². The van der Waals surface area contributed by atoms with Gasteiger partial charge < -0.3 is 20.3 Å². The average molecular weight is 203 g/mol. The molecule has 0 aromatic rings. The van der Waals surface area contributed by atoms with Gasteiger partial charge in [0.05, 0.1) is 26.4 Å². The first-order valence-electron chi connectivity index (χ1n) is 5.07. The maximum atomic E-state index is 9.07. The SMILES string of the molecule is CC(C)(N)C1(CCO)COCCOC1. The first-order chi connectivity index (χ1) is 6.52. The third-order valence-electron chi connectivity index (χ3n) is 3.09. The minimum atomic E-state index is -0.403. The van der Waals surface area contributed by atoms with Crippen LogP contribution in [-0.4, -0.2) is 43.7 Å². The molecule has 0 aliphatic carbocycles. The van der Waals surface area contributed by atoms with Crippen molar-refractivity contribution in [3.05, 3.63) is 0 Å². The van der Waals surface area contributed by atoms with E-state index in [4.69, 9.17) is 20.3 Å². The molecular formula is C10H21NO3. The molecule has 1 saturated heterocycles. The Morgan fingerprint density at radius 3 is 2.14 bits per heavy atom. The van der Waals surface area contributed by atoms with Crippen LogP contribution >= 0.6 is 0 Å². The van der Waals surface area contributed by atoms with E-state index >= 15 is 0 Å². The molecule has 0 aromatic heterocycles. The van der Waals surface area contributed by atoms with Gasteiger partial charge in [-0.3, -0.25) is 0 Å². The number of aliphatic hydroxyl groups is 1. The van der Waals surface area contributed by atoms with Crippen molar-refractivity contribution in [1.82, 2.24) is 0 Å². The van der Waals surface area contributed by atoms with Gasteiger partial charge in [0.15, 0.2) is 0 Å². The molecule has 0 atom stereocenters. The van der Waals surface area contributed by atoms with E-state index in [2.05, 4.69) is 0 Å². The average Bonchev–Trinajstić information content (AvgIpc) is 2.30. The Morgan fingerprint density at radius 1 is 1.29 bits per heavy atom. The van der Waals surface area contributed by atoms with Crippen molar-refractivity contribution in [2.24, 2.45) is 11.1 Å². The Bertz CT molecular complexity index is 169. The summed E-state index contributed by atoms with van der Waals surface area (Å²) in [4.78, 5) is 0. The molecule has 1 rings (SSSR count). The van der Waals surface area contributed by atoms with Gasteiger partial charge in [-0.05, 0) is 20.3 Å². The zero-order chi connectivity index (χ0) is 10.7. The molecule has 1 aliphatic rings. The van der Waals surface area contributed by atoms with E-state index in [-0.39, 0.29) is 12.0 Å². The molecule has 1 heterocycles. The molecule has 3 N–H and O–H groups in total. The number of hydrogen-bond acceptors (Lipinski definition) is 4. The van der Waals surface area contributed by atoms with E-state index in [9.17, 15) is 0 Å². The molecule has 0 spiro atoms. The van der Waals surface area contributed by atoms with Gasteiger partial charge in [-0.25, -0.2) is 0 Å². The van der Waals surface area contributed by atoms with Crippen LogP contribution < -0.4 is 5.73 Å². The van der Waals surface area contributed by atoms with Gasteiger partial charge in [0.1, 0.15) is 0 Å². The molecule has 0 bridgehead atoms. The maximum Gasteiger partial charge on any atom is 0.0700 e. The van der Waals surface area contributed by atoms with Gasteiger partial charge in [-0.15, -0.1) is 0 Å². The maximum absolute atomic E-state index is 9.07. The van der Waals surface area contributed by atoms with Crippen LogP contribution in [-0.2, 0) is 9.47 Å². The lowest BCUT2D eigenvalue weighted by Crippen LogP contribution is -2.55. The summed E-state index contributed by atoms with van der Waals surface area (Å²) < 4.78 is 10.9. The molecule has 84 valence electrons. The lowest BCUT2D eigenvalue weighted by atomic mass is 9.71. The van der Waals surface area contributed by atoms with Crippen LogP contribution in [0.25, 0.3) is 0 Å². The van der Waals surface area contributed by atoms with Crippen molar-refractivity contribution < 1.29 is 14.6 Å². The van der Waals surface area contributed by atoms with Crippen LogP contribution in [0.3, 0.4) is 0 Å². The summed E-state index contributed by atoms with van der Waals surface area (Å²) in [5, 5.41) is 9.07. The molecule has 0 amide bonds. The first-order valence-corrected chi connectivity index (χ1v) is 5.07. The fraction of sp³-hybridized carbons (Fsp3) is 1.00. The molecule has 1 fully saturated rings. The smallest absolute Gasteiger partial charge is 0.0700 e. The third kappa shape index (κ3) is 2.45. The molecule has 1 aliphatic heterocycles. The Hall–Kier alpha value is -0.160. The van der Waals surface area contributed by atoms with Crippen LogP contribution in [0.15, 0.2) is 0 Å². The topological polar surface area (TPSA) is 64.7 Å². The monoisotopic (exact) mass is 203 g/mol. The minimum Gasteiger partial charge on any atom is -0.396 e. The molecule has 0 saturated carbocycles. The second-order valence-electron chi connectivity index (χ2n) is 4.58. The van der Waals surface area contributed by atoms with Crippen molar-refractivity contribution in [3.63, 3.8) is 0 Å². The number of hydrogen-bond donors (Lipinski definition) is 2. The normalized spacial score (nSPS) is 23.1. The van der Waals surface area contributed by atoms with Crippen molar-refractivity contribution in [2.75, 3.05) is 33.0 Å². The molecule has 0 radical (unpaired) electrons. The van der Waals surface area contributed by atoms with E-state index < -0.39 is 5.54 Å². The highest BCUT2D eigenvalue weighted by Gasteiger charge is 2.43. The van der Waals surface area contributed by atoms with Crippen LogP contribution in [0.2, 0.25) is 0 Å². The van der Waals surface area contributed by atoms with Crippen LogP contribution in [0.4, 0.5) is 0 Å². The van der Waals surface area contributed by atoms with Crippen LogP contribution in [0.5, 0.6) is 0 Å². The summed E-state index contributed by atoms with van der Waals surface area (Å²) in [6.45, 7) is 6.40. The summed E-state index contributed by atoms with van der Waals surface area (Å²) in [5.41, 5.74) is 5.46. The van der Waals surface area contributed by atoms with Crippen molar-refractivity contribution in [3.8, 4) is 0 Å². The Labute approximate surface area is 85.4 Å². The first kappa shape index (κ1) is 11.9. The summed E-state index contributed by atoms with van der Waals surface area (Å²) in [6.07, 6.45) is 0.622. The van der Waals surface area contributed by atoms with E-state index in [1.54, 1.807) is 0 Å². The van der Waals surface area contributed by atoms with E-state index in [0.29, 0.717) is 32.8 Å². The summed E-state index contributed by atoms with van der Waals surface area (Å²) in [5.74, 6) is 0. The zero-order valence-corrected chi connectivity index (χ0v) is 9.08. The predicted molar refractivity (Wildman–Crippen MR) is 54.0 cm³/mol. The molecular weight excluding hydrogens is 182 g/mol. The number of aliphatic hydroxyl groups excluding tert-OH is 1. The van der Waals surface area contributed by atoms with Gasteiger partial charge in [0.2, 0.25) is 0 Å². The lowest BCUT2D eigenvalue weighted by molar-refractivity contribution is -0.0181. The van der Waals surface area contributed by atoms with Gasteiger partial charge in [-0.2, -0.15) is 0 Å². The third-order valence-corrected chi connectivity index (χ3v) is 3.09. The standard InChI is InChI=1S/C10H21NO3/c1-9(2,11)10(3-4-12)7-13-5-6-14-8-10/h12H,3-8,11H2,1-2H3. The highest BCUT2D eigenvalue weighted by molar-refractivity contribution is 4.97. The van der Waals surface area contributed by atoms with Crippen molar-refractivity contribution in [1.29, 1.82) is 0 Å². The minimum absolute atomic E-state index is 0.118. The van der Waals surface area contributed by atoms with Gasteiger partial charge >= 0.3 is 0 Å². The number of ether oxygens (including phenoxy) is 2. The zero-order valence-electron chi connectivity index (χ0n) is 9.08. The quantitative estimate of drug-likeness (QED) is 0.685. The predicted octanol–water partition coefficient (Wildman–Crippen LogP) is 0.139. The fourth-order valence-corrected chi connectivity index (χ4v) is 1.75. The Morgan fingerprint density at radius 2 is 1.79 bits per heavy atom. The van der Waals surface area contributed by atoms with Crippen LogP contribution in [0, 0.1) is 5.41 Å². The highest BCUT2D eigenvalue weighted by Crippen LogP contribution is 2.35. The molecule has 0 aromatic carbocycles. The fourth-order valence-electron chi connectivity index (χ4n) is 1.75. The molecule has 4 nitrogen and oxygen atoms in total. The lowest BCUT2D eigenvalue weighted by Gasteiger charge is -2.42. The van der Waals surface area contributed by atoms with Crippen molar-refractivity contribution in [2.45, 2.75) is 25.8 Å². The highest BCUT2D eigenvalue weighted by atomic mass is 16.5. The summed E-state index contributed by atoms with van der Waals surface area (Å²) >= 11 is 0. The Balaban J connectivity index is 2.77. The molecule has 0 unspecified atom stereocenters. The van der Waals surface area contributed by atoms with E-state index in [1.165, 1.54) is 0 Å². The van der Waals surface area contributed by atoms with Gasteiger partial charge in [0.25, 0.3) is 0 Å². The number of nitrogens with two attached hydrogens (primary N) is 1. The van der Waals surface area contributed by atoms with E-state index in [1.807, 2.05) is 13.8 Å².